The van der Waals surface area contributed by atoms with Crippen LogP contribution in [-0.4, -0.2) is 29.1 Å². The standard InChI is InChI=1S/C32H27F7N2O3S/c1-16(2)22-13-23(26(43-4)14-24(22)33)28-25(40-29(45-28)18-8-6-5-7-9-18)15-41-17(3)27(44-30(41)42)19-10-20(31(34,35)36)12-21(11-19)32(37,38)39/h5-14,16-17,27H,15H2,1-4H3. The lowest BCUT2D eigenvalue weighted by molar-refractivity contribution is -0.143. The number of carbonyl (C=O) groups is 1. The number of halogens is 7. The molecule has 0 spiro atoms. The molecular weight excluding hydrogens is 625 g/mol. The number of hydrogen-bond donors (Lipinski definition) is 0. The summed E-state index contributed by atoms with van der Waals surface area (Å²) in [5, 5.41) is 0.572. The van der Waals surface area contributed by atoms with E-state index in [-0.39, 0.29) is 24.3 Å². The number of benzene rings is 3. The van der Waals surface area contributed by atoms with Gasteiger partial charge in [0, 0.05) is 17.2 Å². The summed E-state index contributed by atoms with van der Waals surface area (Å²) < 4.78 is 107. The molecular formula is C32H27F7N2O3S. The molecule has 0 N–H and O–H groups in total. The first-order valence-electron chi connectivity index (χ1n) is 13.8. The minimum atomic E-state index is -5.06. The topological polar surface area (TPSA) is 51.7 Å². The number of nitrogens with zero attached hydrogens (tertiary/aromatic N) is 2. The molecule has 45 heavy (non-hydrogen) atoms. The molecule has 5 rings (SSSR count). The summed E-state index contributed by atoms with van der Waals surface area (Å²) in [6.07, 6.45) is -12.5. The van der Waals surface area contributed by atoms with Gasteiger partial charge in [-0.15, -0.1) is 11.3 Å². The Morgan fingerprint density at radius 2 is 1.60 bits per heavy atom. The van der Waals surface area contributed by atoms with E-state index in [2.05, 4.69) is 0 Å². The summed E-state index contributed by atoms with van der Waals surface area (Å²) >= 11 is 1.27. The SMILES string of the molecule is COc1cc(F)c(C(C)C)cc1-c1sc(-c2ccccc2)nc1CN1C(=O)OC(c2cc(C(F)(F)F)cc(C(F)(F)F)c2)C1C. The van der Waals surface area contributed by atoms with E-state index < -0.39 is 53.1 Å². The maximum Gasteiger partial charge on any atom is 0.416 e. The van der Waals surface area contributed by atoms with Crippen molar-refractivity contribution < 1.29 is 45.0 Å². The molecule has 1 aliphatic rings. The number of amides is 1. The highest BCUT2D eigenvalue weighted by Gasteiger charge is 2.44. The molecule has 4 aromatic rings. The van der Waals surface area contributed by atoms with E-state index in [1.165, 1.54) is 36.3 Å². The Bertz CT molecular complexity index is 1690. The Hall–Kier alpha value is -4.13. The van der Waals surface area contributed by atoms with Crippen LogP contribution in [0.15, 0.2) is 60.7 Å². The second-order valence-electron chi connectivity index (χ2n) is 10.9. The lowest BCUT2D eigenvalue weighted by Gasteiger charge is -2.22. The molecule has 0 saturated carbocycles. The summed E-state index contributed by atoms with van der Waals surface area (Å²) in [5.41, 5.74) is -1.39. The van der Waals surface area contributed by atoms with Crippen LogP contribution in [0.3, 0.4) is 0 Å². The quantitative estimate of drug-likeness (QED) is 0.187. The molecule has 1 aliphatic heterocycles. The van der Waals surface area contributed by atoms with Gasteiger partial charge in [-0.1, -0.05) is 44.2 Å². The average Bonchev–Trinajstić information content (AvgIpc) is 3.52. The largest absolute Gasteiger partial charge is 0.496 e. The molecule has 2 atom stereocenters. The van der Waals surface area contributed by atoms with Gasteiger partial charge in [0.2, 0.25) is 0 Å². The second kappa shape index (κ2) is 12.0. The Morgan fingerprint density at radius 1 is 0.978 bits per heavy atom. The van der Waals surface area contributed by atoms with Gasteiger partial charge in [0.25, 0.3) is 0 Å². The Kier molecular flexibility index (Phi) is 8.60. The van der Waals surface area contributed by atoms with E-state index in [4.69, 9.17) is 14.5 Å². The Morgan fingerprint density at radius 3 is 2.16 bits per heavy atom. The molecule has 2 heterocycles. The first kappa shape index (κ1) is 32.3. The van der Waals surface area contributed by atoms with Crippen LogP contribution in [0.4, 0.5) is 35.5 Å². The molecule has 1 aromatic heterocycles. The minimum absolute atomic E-state index is 0.0247. The monoisotopic (exact) mass is 652 g/mol. The van der Waals surface area contributed by atoms with Gasteiger partial charge < -0.3 is 9.47 Å². The molecule has 0 aliphatic carbocycles. The predicted molar refractivity (Wildman–Crippen MR) is 154 cm³/mol. The fourth-order valence-electron chi connectivity index (χ4n) is 5.20. The lowest BCUT2D eigenvalue weighted by atomic mass is 9.97. The lowest BCUT2D eigenvalue weighted by Crippen LogP contribution is -2.31. The molecule has 5 nitrogen and oxygen atoms in total. The van der Waals surface area contributed by atoms with E-state index in [9.17, 15) is 35.5 Å². The zero-order valence-electron chi connectivity index (χ0n) is 24.4. The van der Waals surface area contributed by atoms with Crippen LogP contribution >= 0.6 is 11.3 Å². The average molecular weight is 653 g/mol. The number of thiazole rings is 1. The predicted octanol–water partition coefficient (Wildman–Crippen LogP) is 9.87. The van der Waals surface area contributed by atoms with E-state index in [0.717, 1.165) is 5.56 Å². The molecule has 0 bridgehead atoms. The molecule has 0 radical (unpaired) electrons. The molecule has 2 unspecified atom stereocenters. The Labute approximate surface area is 258 Å². The number of methoxy groups -OCH3 is 1. The van der Waals surface area contributed by atoms with Crippen LogP contribution in [0, 0.1) is 5.82 Å². The number of aromatic nitrogens is 1. The van der Waals surface area contributed by atoms with Crippen LogP contribution in [0.2, 0.25) is 0 Å². The van der Waals surface area contributed by atoms with Gasteiger partial charge in [0.05, 0.1) is 41.4 Å². The van der Waals surface area contributed by atoms with Gasteiger partial charge in [-0.3, -0.25) is 4.90 Å². The van der Waals surface area contributed by atoms with Crippen molar-refractivity contribution in [3.8, 4) is 26.8 Å². The molecule has 1 fully saturated rings. The maximum atomic E-state index is 14.9. The number of rotatable bonds is 7. The van der Waals surface area contributed by atoms with Crippen molar-refractivity contribution in [3.63, 3.8) is 0 Å². The van der Waals surface area contributed by atoms with Crippen LogP contribution in [0.25, 0.3) is 21.0 Å². The minimum Gasteiger partial charge on any atom is -0.496 e. The molecule has 3 aromatic carbocycles. The van der Waals surface area contributed by atoms with Gasteiger partial charge in [0.15, 0.2) is 0 Å². The summed E-state index contributed by atoms with van der Waals surface area (Å²) in [6.45, 7) is 4.94. The van der Waals surface area contributed by atoms with Crippen LogP contribution < -0.4 is 4.74 Å². The zero-order chi connectivity index (χ0) is 32.8. The van der Waals surface area contributed by atoms with Crippen molar-refractivity contribution in [2.45, 2.75) is 57.7 Å². The van der Waals surface area contributed by atoms with Gasteiger partial charge in [-0.25, -0.2) is 14.2 Å². The fourth-order valence-corrected chi connectivity index (χ4v) is 6.30. The number of cyclic esters (lactones) is 1. The van der Waals surface area contributed by atoms with Crippen molar-refractivity contribution in [2.75, 3.05) is 7.11 Å². The fraction of sp³-hybridized carbons (Fsp3) is 0.312. The van der Waals surface area contributed by atoms with E-state index in [0.29, 0.717) is 38.8 Å². The smallest absolute Gasteiger partial charge is 0.416 e. The van der Waals surface area contributed by atoms with Gasteiger partial charge >= 0.3 is 18.4 Å². The zero-order valence-corrected chi connectivity index (χ0v) is 25.2. The second-order valence-corrected chi connectivity index (χ2v) is 11.9. The summed E-state index contributed by atoms with van der Waals surface area (Å²) in [4.78, 5) is 19.7. The van der Waals surface area contributed by atoms with Gasteiger partial charge in [-0.05, 0) is 48.2 Å². The highest BCUT2D eigenvalue weighted by molar-refractivity contribution is 7.18. The van der Waals surface area contributed by atoms with Crippen molar-refractivity contribution in [2.24, 2.45) is 0 Å². The highest BCUT2D eigenvalue weighted by Crippen LogP contribution is 2.45. The van der Waals surface area contributed by atoms with Crippen molar-refractivity contribution in [3.05, 3.63) is 94.4 Å². The summed E-state index contributed by atoms with van der Waals surface area (Å²) in [5.74, 6) is -0.415. The summed E-state index contributed by atoms with van der Waals surface area (Å²) in [7, 11) is 1.39. The molecule has 238 valence electrons. The first-order valence-corrected chi connectivity index (χ1v) is 14.6. The van der Waals surface area contributed by atoms with Gasteiger partial charge in [-0.2, -0.15) is 26.3 Å². The van der Waals surface area contributed by atoms with Crippen molar-refractivity contribution in [1.82, 2.24) is 9.88 Å². The van der Waals surface area contributed by atoms with Gasteiger partial charge in [0.1, 0.15) is 22.7 Å². The van der Waals surface area contributed by atoms with E-state index in [1.807, 2.05) is 44.2 Å². The third-order valence-electron chi connectivity index (χ3n) is 7.55. The molecule has 1 amide bonds. The third-order valence-corrected chi connectivity index (χ3v) is 8.73. The number of ether oxygens (including phenoxy) is 2. The normalized spacial score (nSPS) is 17.2. The number of carbonyl (C=O) groups excluding carboxylic acids is 1. The van der Waals surface area contributed by atoms with E-state index >= 15 is 0 Å². The third kappa shape index (κ3) is 6.49. The first-order chi connectivity index (χ1) is 21.1. The van der Waals surface area contributed by atoms with Crippen LogP contribution in [0.5, 0.6) is 5.75 Å². The van der Waals surface area contributed by atoms with Crippen LogP contribution in [0.1, 0.15) is 60.7 Å². The molecule has 1 saturated heterocycles. The number of hydrogen-bond acceptors (Lipinski definition) is 5. The molecule has 13 heteroatoms. The van der Waals surface area contributed by atoms with E-state index in [1.54, 1.807) is 6.07 Å². The maximum absolute atomic E-state index is 14.9. The highest BCUT2D eigenvalue weighted by atomic mass is 32.1. The number of alkyl halides is 6. The van der Waals surface area contributed by atoms with Crippen molar-refractivity contribution >= 4 is 17.4 Å². The summed E-state index contributed by atoms with van der Waals surface area (Å²) in [6, 6.07) is 12.2. The van der Waals surface area contributed by atoms with Crippen LogP contribution in [-0.2, 0) is 23.6 Å². The Balaban J connectivity index is 1.58. The van der Waals surface area contributed by atoms with Crippen molar-refractivity contribution in [1.29, 1.82) is 0 Å².